The van der Waals surface area contributed by atoms with Crippen molar-refractivity contribution >= 4 is 11.8 Å². The molecule has 6 heteroatoms. The highest BCUT2D eigenvalue weighted by Gasteiger charge is 2.42. The first-order valence-electron chi connectivity index (χ1n) is 8.03. The Morgan fingerprint density at radius 2 is 2.04 bits per heavy atom. The summed E-state index contributed by atoms with van der Waals surface area (Å²) in [6.07, 6.45) is 2.03. The average molecular weight is 317 g/mol. The van der Waals surface area contributed by atoms with E-state index < -0.39 is 11.5 Å². The SMILES string of the molecule is CN1CC(NC(=O)C2(Cc3ccccc3)CCOCC2)C(=O)N1. The molecule has 2 amide bonds. The molecule has 0 spiro atoms. The zero-order valence-corrected chi connectivity index (χ0v) is 13.4. The molecule has 2 saturated heterocycles. The molecule has 2 aliphatic rings. The summed E-state index contributed by atoms with van der Waals surface area (Å²) in [5.41, 5.74) is 3.33. The van der Waals surface area contributed by atoms with Crippen molar-refractivity contribution in [3.63, 3.8) is 0 Å². The lowest BCUT2D eigenvalue weighted by Gasteiger charge is -2.36. The Kier molecular flexibility index (Phi) is 4.63. The van der Waals surface area contributed by atoms with E-state index in [2.05, 4.69) is 10.7 Å². The fourth-order valence-corrected chi connectivity index (χ4v) is 3.32. The molecule has 1 unspecified atom stereocenters. The zero-order valence-electron chi connectivity index (χ0n) is 13.4. The first kappa shape index (κ1) is 16.0. The van der Waals surface area contributed by atoms with Crippen molar-refractivity contribution in [1.82, 2.24) is 15.8 Å². The third-order valence-corrected chi connectivity index (χ3v) is 4.70. The number of rotatable bonds is 4. The standard InChI is InChI=1S/C17H23N3O3/c1-20-12-14(15(21)19-20)18-16(22)17(7-9-23-10-8-17)11-13-5-3-2-4-6-13/h2-6,14H,7-12H2,1H3,(H,18,22)(H,19,21). The fraction of sp³-hybridized carbons (Fsp3) is 0.529. The van der Waals surface area contributed by atoms with E-state index in [0.717, 1.165) is 5.56 Å². The van der Waals surface area contributed by atoms with Gasteiger partial charge in [-0.3, -0.25) is 15.0 Å². The maximum atomic E-state index is 13.0. The lowest BCUT2D eigenvalue weighted by molar-refractivity contribution is -0.139. The molecular weight excluding hydrogens is 294 g/mol. The van der Waals surface area contributed by atoms with E-state index >= 15 is 0 Å². The van der Waals surface area contributed by atoms with Crippen LogP contribution in [0.4, 0.5) is 0 Å². The molecule has 1 aromatic carbocycles. The van der Waals surface area contributed by atoms with Crippen molar-refractivity contribution in [3.05, 3.63) is 35.9 Å². The Bertz CT molecular complexity index is 570. The predicted octanol–water partition coefficient (Wildman–Crippen LogP) is 0.487. The normalized spacial score (nSPS) is 24.2. The number of carbonyl (C=O) groups excluding carboxylic acids is 2. The van der Waals surface area contributed by atoms with E-state index in [1.165, 1.54) is 0 Å². The van der Waals surface area contributed by atoms with Gasteiger partial charge in [-0.15, -0.1) is 0 Å². The van der Waals surface area contributed by atoms with E-state index in [-0.39, 0.29) is 11.8 Å². The summed E-state index contributed by atoms with van der Waals surface area (Å²) in [7, 11) is 1.79. The topological polar surface area (TPSA) is 70.7 Å². The number of carbonyl (C=O) groups is 2. The average Bonchev–Trinajstić information content (AvgIpc) is 2.86. The summed E-state index contributed by atoms with van der Waals surface area (Å²) in [5, 5.41) is 4.64. The second-order valence-electron chi connectivity index (χ2n) is 6.44. The van der Waals surface area contributed by atoms with Gasteiger partial charge in [0, 0.05) is 26.8 Å². The Hall–Kier alpha value is -1.92. The number of hydrogen-bond donors (Lipinski definition) is 2. The molecule has 1 aromatic rings. The van der Waals surface area contributed by atoms with Gasteiger partial charge in [0.1, 0.15) is 6.04 Å². The number of nitrogens with zero attached hydrogens (tertiary/aromatic N) is 1. The molecule has 2 heterocycles. The van der Waals surface area contributed by atoms with Crippen LogP contribution in [0.3, 0.4) is 0 Å². The van der Waals surface area contributed by atoms with E-state index in [1.54, 1.807) is 12.1 Å². The third kappa shape index (κ3) is 3.54. The van der Waals surface area contributed by atoms with Crippen LogP contribution in [0.15, 0.2) is 30.3 Å². The lowest BCUT2D eigenvalue weighted by Crippen LogP contribution is -2.51. The van der Waals surface area contributed by atoms with Gasteiger partial charge < -0.3 is 10.1 Å². The summed E-state index contributed by atoms with van der Waals surface area (Å²) in [4.78, 5) is 24.8. The highest BCUT2D eigenvalue weighted by atomic mass is 16.5. The number of nitrogens with one attached hydrogen (secondary N) is 2. The minimum Gasteiger partial charge on any atom is -0.381 e. The number of hydrogen-bond acceptors (Lipinski definition) is 4. The second-order valence-corrected chi connectivity index (χ2v) is 6.44. The Labute approximate surface area is 136 Å². The van der Waals surface area contributed by atoms with Crippen molar-refractivity contribution < 1.29 is 14.3 Å². The van der Waals surface area contributed by atoms with Gasteiger partial charge in [0.25, 0.3) is 5.91 Å². The van der Waals surface area contributed by atoms with Crippen molar-refractivity contribution in [2.24, 2.45) is 5.41 Å². The largest absolute Gasteiger partial charge is 0.381 e. The molecule has 124 valence electrons. The van der Waals surface area contributed by atoms with E-state index in [9.17, 15) is 9.59 Å². The van der Waals surface area contributed by atoms with Crippen molar-refractivity contribution in [1.29, 1.82) is 0 Å². The van der Waals surface area contributed by atoms with Crippen LogP contribution >= 0.6 is 0 Å². The number of hydrazine groups is 1. The first-order valence-corrected chi connectivity index (χ1v) is 8.03. The highest BCUT2D eigenvalue weighted by molar-refractivity contribution is 5.91. The van der Waals surface area contributed by atoms with Gasteiger partial charge in [-0.2, -0.15) is 0 Å². The third-order valence-electron chi connectivity index (χ3n) is 4.70. The monoisotopic (exact) mass is 317 g/mol. The summed E-state index contributed by atoms with van der Waals surface area (Å²) in [6.45, 7) is 1.65. The highest BCUT2D eigenvalue weighted by Crippen LogP contribution is 2.35. The minimum atomic E-state index is -0.499. The molecular formula is C17H23N3O3. The molecule has 2 fully saturated rings. The number of ether oxygens (including phenoxy) is 1. The molecule has 23 heavy (non-hydrogen) atoms. The van der Waals surface area contributed by atoms with Gasteiger partial charge in [0.2, 0.25) is 5.91 Å². The lowest BCUT2D eigenvalue weighted by atomic mass is 9.74. The van der Waals surface area contributed by atoms with Gasteiger partial charge in [0.05, 0.1) is 5.41 Å². The van der Waals surface area contributed by atoms with Gasteiger partial charge in [-0.05, 0) is 24.8 Å². The van der Waals surface area contributed by atoms with E-state index in [1.807, 2.05) is 30.3 Å². The molecule has 0 radical (unpaired) electrons. The zero-order chi connectivity index (χ0) is 16.3. The smallest absolute Gasteiger partial charge is 0.258 e. The summed E-state index contributed by atoms with van der Waals surface area (Å²) < 4.78 is 5.45. The predicted molar refractivity (Wildman–Crippen MR) is 85.3 cm³/mol. The molecule has 6 nitrogen and oxygen atoms in total. The van der Waals surface area contributed by atoms with Gasteiger partial charge in [-0.25, -0.2) is 5.01 Å². The Balaban J connectivity index is 1.75. The molecule has 0 saturated carbocycles. The van der Waals surface area contributed by atoms with Crippen LogP contribution in [-0.4, -0.2) is 49.7 Å². The van der Waals surface area contributed by atoms with Crippen LogP contribution in [0.25, 0.3) is 0 Å². The van der Waals surface area contributed by atoms with Crippen LogP contribution in [-0.2, 0) is 20.7 Å². The quantitative estimate of drug-likeness (QED) is 0.848. The molecule has 1 atom stereocenters. The van der Waals surface area contributed by atoms with Crippen LogP contribution < -0.4 is 10.7 Å². The van der Waals surface area contributed by atoms with Crippen LogP contribution in [0.1, 0.15) is 18.4 Å². The molecule has 3 rings (SSSR count). The Morgan fingerprint density at radius 3 is 2.65 bits per heavy atom. The molecule has 0 bridgehead atoms. The second kappa shape index (κ2) is 6.68. The molecule has 0 aromatic heterocycles. The van der Waals surface area contributed by atoms with Gasteiger partial charge in [0.15, 0.2) is 0 Å². The summed E-state index contributed by atoms with van der Waals surface area (Å²) in [6, 6.07) is 9.54. The fourth-order valence-electron chi connectivity index (χ4n) is 3.32. The van der Waals surface area contributed by atoms with Crippen molar-refractivity contribution in [3.8, 4) is 0 Å². The van der Waals surface area contributed by atoms with Crippen LogP contribution in [0.2, 0.25) is 0 Å². The van der Waals surface area contributed by atoms with Gasteiger partial charge in [-0.1, -0.05) is 30.3 Å². The molecule has 2 aliphatic heterocycles. The number of amides is 2. The maximum absolute atomic E-state index is 13.0. The minimum absolute atomic E-state index is 0.0416. The Morgan fingerprint density at radius 1 is 1.35 bits per heavy atom. The van der Waals surface area contributed by atoms with Crippen LogP contribution in [0.5, 0.6) is 0 Å². The van der Waals surface area contributed by atoms with E-state index in [4.69, 9.17) is 4.74 Å². The van der Waals surface area contributed by atoms with Crippen molar-refractivity contribution in [2.75, 3.05) is 26.8 Å². The molecule has 0 aliphatic carbocycles. The summed E-state index contributed by atoms with van der Waals surface area (Å²) in [5.74, 6) is -0.192. The molecule has 2 N–H and O–H groups in total. The van der Waals surface area contributed by atoms with E-state index in [0.29, 0.717) is 39.0 Å². The van der Waals surface area contributed by atoms with Crippen LogP contribution in [0, 0.1) is 5.41 Å². The number of benzene rings is 1. The summed E-state index contributed by atoms with van der Waals surface area (Å²) >= 11 is 0. The van der Waals surface area contributed by atoms with Gasteiger partial charge >= 0.3 is 0 Å². The van der Waals surface area contributed by atoms with Crippen molar-refractivity contribution in [2.45, 2.75) is 25.3 Å². The maximum Gasteiger partial charge on any atom is 0.258 e. The first-order chi connectivity index (χ1) is 11.1. The number of likely N-dealkylation sites (N-methyl/N-ethyl adjacent to an activating group) is 1.